The lowest BCUT2D eigenvalue weighted by molar-refractivity contribution is 0.441. The summed E-state index contributed by atoms with van der Waals surface area (Å²) in [6.07, 6.45) is 3.27. The molecule has 0 aliphatic carbocycles. The van der Waals surface area contributed by atoms with Gasteiger partial charge in [-0.3, -0.25) is 0 Å². The fourth-order valence-electron chi connectivity index (χ4n) is 1.30. The van der Waals surface area contributed by atoms with E-state index < -0.39 is 0 Å². The first-order chi connectivity index (χ1) is 7.75. The first-order valence-electron chi connectivity index (χ1n) is 5.06. The van der Waals surface area contributed by atoms with Gasteiger partial charge in [0.05, 0.1) is 0 Å². The van der Waals surface area contributed by atoms with E-state index in [1.54, 1.807) is 18.5 Å². The average molecular weight is 215 g/mol. The van der Waals surface area contributed by atoms with E-state index in [0.717, 1.165) is 5.56 Å². The number of ether oxygens (including phenoxy) is 1. The molecule has 0 aliphatic rings. The molecule has 1 aromatic carbocycles. The van der Waals surface area contributed by atoms with Crippen molar-refractivity contribution >= 4 is 0 Å². The maximum absolute atomic E-state index is 5.79. The Bertz CT molecular complexity index is 457. The second kappa shape index (κ2) is 4.72. The van der Waals surface area contributed by atoms with Crippen LogP contribution in [0.3, 0.4) is 0 Å². The van der Waals surface area contributed by atoms with Crippen molar-refractivity contribution in [3.8, 4) is 11.8 Å². The monoisotopic (exact) mass is 215 g/mol. The average Bonchev–Trinajstić information content (AvgIpc) is 2.30. The summed E-state index contributed by atoms with van der Waals surface area (Å²) in [5, 5.41) is 0. The number of aromatic nitrogens is 2. The number of hydrogen-bond acceptors (Lipinski definition) is 4. The van der Waals surface area contributed by atoms with Gasteiger partial charge in [-0.1, -0.05) is 12.1 Å². The third-order valence-corrected chi connectivity index (χ3v) is 2.14. The standard InChI is InChI=1S/C12H13N3O/c1-9(13)10-4-2-5-11(8-10)16-12-14-6-3-7-15-12/h2-9H,13H2,1H3. The molecular weight excluding hydrogens is 202 g/mol. The lowest BCUT2D eigenvalue weighted by Crippen LogP contribution is -2.04. The summed E-state index contributed by atoms with van der Waals surface area (Å²) in [7, 11) is 0. The molecule has 1 atom stereocenters. The van der Waals surface area contributed by atoms with Crippen LogP contribution in [0, 0.1) is 0 Å². The zero-order valence-corrected chi connectivity index (χ0v) is 9.00. The van der Waals surface area contributed by atoms with Gasteiger partial charge < -0.3 is 10.5 Å². The molecule has 1 aromatic heterocycles. The second-order valence-corrected chi connectivity index (χ2v) is 3.49. The smallest absolute Gasteiger partial charge is 0.321 e. The minimum absolute atomic E-state index is 0.0137. The molecule has 2 rings (SSSR count). The molecule has 4 heteroatoms. The highest BCUT2D eigenvalue weighted by atomic mass is 16.5. The maximum Gasteiger partial charge on any atom is 0.321 e. The zero-order valence-electron chi connectivity index (χ0n) is 9.00. The quantitative estimate of drug-likeness (QED) is 0.853. The van der Waals surface area contributed by atoms with Gasteiger partial charge in [-0.15, -0.1) is 0 Å². The summed E-state index contributed by atoms with van der Waals surface area (Å²) < 4.78 is 5.49. The van der Waals surface area contributed by atoms with Gasteiger partial charge in [-0.25, -0.2) is 9.97 Å². The topological polar surface area (TPSA) is 61.0 Å². The van der Waals surface area contributed by atoms with Gasteiger partial charge in [0.15, 0.2) is 0 Å². The molecule has 0 aliphatic heterocycles. The van der Waals surface area contributed by atoms with Crippen molar-refractivity contribution in [2.75, 3.05) is 0 Å². The highest BCUT2D eigenvalue weighted by Gasteiger charge is 2.03. The van der Waals surface area contributed by atoms with E-state index in [0.29, 0.717) is 11.8 Å². The van der Waals surface area contributed by atoms with E-state index in [2.05, 4.69) is 9.97 Å². The fourth-order valence-corrected chi connectivity index (χ4v) is 1.30. The Labute approximate surface area is 94.1 Å². The molecule has 0 saturated carbocycles. The molecule has 1 heterocycles. The fraction of sp³-hybridized carbons (Fsp3) is 0.167. The van der Waals surface area contributed by atoms with Crippen LogP contribution < -0.4 is 10.5 Å². The number of nitrogens with zero attached hydrogens (tertiary/aromatic N) is 2. The van der Waals surface area contributed by atoms with Crippen LogP contribution in [0.15, 0.2) is 42.7 Å². The van der Waals surface area contributed by atoms with Crippen molar-refractivity contribution in [1.29, 1.82) is 0 Å². The summed E-state index contributed by atoms with van der Waals surface area (Å²) in [6, 6.07) is 9.67. The Hall–Kier alpha value is -1.94. The highest BCUT2D eigenvalue weighted by molar-refractivity contribution is 5.31. The number of rotatable bonds is 3. The lowest BCUT2D eigenvalue weighted by Gasteiger charge is -2.08. The van der Waals surface area contributed by atoms with Crippen LogP contribution in [0.5, 0.6) is 11.8 Å². The predicted molar refractivity (Wildman–Crippen MR) is 61.2 cm³/mol. The molecule has 0 fully saturated rings. The molecule has 4 nitrogen and oxygen atoms in total. The van der Waals surface area contributed by atoms with E-state index in [-0.39, 0.29) is 6.04 Å². The lowest BCUT2D eigenvalue weighted by atomic mass is 10.1. The molecule has 1 unspecified atom stereocenters. The summed E-state index contributed by atoms with van der Waals surface area (Å²) in [6.45, 7) is 1.93. The van der Waals surface area contributed by atoms with Gasteiger partial charge in [0, 0.05) is 18.4 Å². The SMILES string of the molecule is CC(N)c1cccc(Oc2ncccn2)c1. The largest absolute Gasteiger partial charge is 0.424 e. The number of nitrogens with two attached hydrogens (primary N) is 1. The summed E-state index contributed by atoms with van der Waals surface area (Å²) in [4.78, 5) is 7.97. The summed E-state index contributed by atoms with van der Waals surface area (Å²) in [5.74, 6) is 0.695. The van der Waals surface area contributed by atoms with Crippen molar-refractivity contribution < 1.29 is 4.74 Å². The van der Waals surface area contributed by atoms with Crippen molar-refractivity contribution in [1.82, 2.24) is 9.97 Å². The van der Waals surface area contributed by atoms with Gasteiger partial charge in [-0.05, 0) is 30.7 Å². The second-order valence-electron chi connectivity index (χ2n) is 3.49. The van der Waals surface area contributed by atoms with E-state index in [9.17, 15) is 0 Å². The number of benzene rings is 1. The zero-order chi connectivity index (χ0) is 11.4. The van der Waals surface area contributed by atoms with Gasteiger partial charge in [-0.2, -0.15) is 0 Å². The Morgan fingerprint density at radius 1 is 1.19 bits per heavy atom. The molecule has 0 amide bonds. The van der Waals surface area contributed by atoms with E-state index in [1.807, 2.05) is 31.2 Å². The van der Waals surface area contributed by atoms with Crippen LogP contribution in [0.25, 0.3) is 0 Å². The highest BCUT2D eigenvalue weighted by Crippen LogP contribution is 2.20. The Morgan fingerprint density at radius 3 is 2.62 bits per heavy atom. The van der Waals surface area contributed by atoms with Crippen LogP contribution in [0.1, 0.15) is 18.5 Å². The van der Waals surface area contributed by atoms with Crippen molar-refractivity contribution in [2.45, 2.75) is 13.0 Å². The predicted octanol–water partition coefficient (Wildman–Crippen LogP) is 2.29. The Kier molecular flexibility index (Phi) is 3.12. The van der Waals surface area contributed by atoms with Crippen LogP contribution >= 0.6 is 0 Å². The molecule has 16 heavy (non-hydrogen) atoms. The normalized spacial score (nSPS) is 12.1. The minimum Gasteiger partial charge on any atom is -0.424 e. The Morgan fingerprint density at radius 2 is 1.94 bits per heavy atom. The van der Waals surface area contributed by atoms with Crippen LogP contribution in [-0.2, 0) is 0 Å². The molecule has 82 valence electrons. The molecule has 2 N–H and O–H groups in total. The summed E-state index contributed by atoms with van der Waals surface area (Å²) >= 11 is 0. The van der Waals surface area contributed by atoms with Crippen molar-refractivity contribution in [3.05, 3.63) is 48.3 Å². The van der Waals surface area contributed by atoms with E-state index in [1.165, 1.54) is 0 Å². The third-order valence-electron chi connectivity index (χ3n) is 2.14. The van der Waals surface area contributed by atoms with Gasteiger partial charge >= 0.3 is 6.01 Å². The number of hydrogen-bond donors (Lipinski definition) is 1. The van der Waals surface area contributed by atoms with Crippen molar-refractivity contribution in [2.24, 2.45) is 5.73 Å². The van der Waals surface area contributed by atoms with Gasteiger partial charge in [0.1, 0.15) is 5.75 Å². The van der Waals surface area contributed by atoms with Crippen LogP contribution in [0.2, 0.25) is 0 Å². The molecule has 0 radical (unpaired) electrons. The first-order valence-corrected chi connectivity index (χ1v) is 5.06. The van der Waals surface area contributed by atoms with Gasteiger partial charge in [0.2, 0.25) is 0 Å². The third kappa shape index (κ3) is 2.55. The molecule has 0 saturated heterocycles. The van der Waals surface area contributed by atoms with Crippen LogP contribution in [-0.4, -0.2) is 9.97 Å². The van der Waals surface area contributed by atoms with Crippen LogP contribution in [0.4, 0.5) is 0 Å². The van der Waals surface area contributed by atoms with E-state index in [4.69, 9.17) is 10.5 Å². The van der Waals surface area contributed by atoms with Crippen molar-refractivity contribution in [3.63, 3.8) is 0 Å². The summed E-state index contributed by atoms with van der Waals surface area (Å²) in [5.41, 5.74) is 6.81. The molecule has 0 bridgehead atoms. The minimum atomic E-state index is -0.0137. The van der Waals surface area contributed by atoms with Gasteiger partial charge in [0.25, 0.3) is 0 Å². The Balaban J connectivity index is 2.19. The first kappa shape index (κ1) is 10.6. The molecular formula is C12H13N3O. The maximum atomic E-state index is 5.79. The molecule has 0 spiro atoms. The molecule has 2 aromatic rings. The van der Waals surface area contributed by atoms with E-state index >= 15 is 0 Å².